The molecule has 0 N–H and O–H groups in total. The molecule has 0 unspecified atom stereocenters. The Morgan fingerprint density at radius 1 is 1.40 bits per heavy atom. The van der Waals surface area contributed by atoms with Gasteiger partial charge in [-0.15, -0.1) is 0 Å². The van der Waals surface area contributed by atoms with E-state index in [1.807, 2.05) is 12.1 Å². The molecule has 0 spiro atoms. The number of allylic oxidation sites excluding steroid dienone is 2. The summed E-state index contributed by atoms with van der Waals surface area (Å²) in [7, 11) is 0. The average Bonchev–Trinajstić information content (AvgIpc) is 2.59. The maximum absolute atomic E-state index is 5.25. The van der Waals surface area contributed by atoms with Crippen molar-refractivity contribution in [2.75, 3.05) is 0 Å². The van der Waals surface area contributed by atoms with Gasteiger partial charge in [0, 0.05) is 0 Å². The van der Waals surface area contributed by atoms with Crippen LogP contribution in [0.2, 0.25) is 0 Å². The van der Waals surface area contributed by atoms with Crippen molar-refractivity contribution in [3.05, 3.63) is 30.2 Å². The molecule has 1 heteroatoms. The van der Waals surface area contributed by atoms with Crippen molar-refractivity contribution in [3.8, 4) is 0 Å². The van der Waals surface area contributed by atoms with E-state index in [2.05, 4.69) is 6.08 Å². The fourth-order valence-electron chi connectivity index (χ4n) is 1.36. The predicted molar refractivity (Wildman–Crippen MR) is 40.5 cm³/mol. The Bertz CT molecular complexity index is 231. The summed E-state index contributed by atoms with van der Waals surface area (Å²) >= 11 is 0. The molecule has 0 amide bonds. The molecule has 52 valence electrons. The molecular formula is C9H10O. The van der Waals surface area contributed by atoms with Gasteiger partial charge in [0.05, 0.1) is 6.26 Å². The second kappa shape index (κ2) is 2.33. The summed E-state index contributed by atoms with van der Waals surface area (Å²) < 4.78 is 5.25. The summed E-state index contributed by atoms with van der Waals surface area (Å²) in [6, 6.07) is 3.96. The SMILES string of the molecule is C1=C(c2ccco2)CCC1. The lowest BCUT2D eigenvalue weighted by Crippen LogP contribution is -1.72. The maximum atomic E-state index is 5.25. The molecule has 10 heavy (non-hydrogen) atoms. The minimum atomic E-state index is 1.05. The second-order valence-electron chi connectivity index (χ2n) is 2.60. The zero-order chi connectivity index (χ0) is 6.81. The Labute approximate surface area is 60.4 Å². The van der Waals surface area contributed by atoms with E-state index in [0.717, 1.165) is 5.76 Å². The molecule has 0 saturated carbocycles. The first kappa shape index (κ1) is 5.78. The van der Waals surface area contributed by atoms with Crippen LogP contribution in [0.1, 0.15) is 25.0 Å². The van der Waals surface area contributed by atoms with Crippen molar-refractivity contribution < 1.29 is 4.42 Å². The summed E-state index contributed by atoms with van der Waals surface area (Å²) in [5.74, 6) is 1.05. The summed E-state index contributed by atoms with van der Waals surface area (Å²) in [6.07, 6.45) is 7.69. The highest BCUT2D eigenvalue weighted by atomic mass is 16.3. The van der Waals surface area contributed by atoms with E-state index in [4.69, 9.17) is 4.42 Å². The summed E-state index contributed by atoms with van der Waals surface area (Å²) in [5, 5.41) is 0. The Kier molecular flexibility index (Phi) is 1.35. The first-order chi connectivity index (χ1) is 4.97. The molecule has 1 aromatic rings. The van der Waals surface area contributed by atoms with Crippen LogP contribution in [-0.2, 0) is 0 Å². The molecule has 0 aliphatic heterocycles. The van der Waals surface area contributed by atoms with E-state index in [0.29, 0.717) is 0 Å². The van der Waals surface area contributed by atoms with Gasteiger partial charge in [0.15, 0.2) is 0 Å². The maximum Gasteiger partial charge on any atom is 0.129 e. The second-order valence-corrected chi connectivity index (χ2v) is 2.60. The monoisotopic (exact) mass is 134 g/mol. The highest BCUT2D eigenvalue weighted by Crippen LogP contribution is 2.27. The largest absolute Gasteiger partial charge is 0.465 e. The van der Waals surface area contributed by atoms with Crippen LogP contribution in [0.25, 0.3) is 5.57 Å². The molecule has 2 rings (SSSR count). The third-order valence-electron chi connectivity index (χ3n) is 1.88. The van der Waals surface area contributed by atoms with Crippen LogP contribution in [0.5, 0.6) is 0 Å². The van der Waals surface area contributed by atoms with Gasteiger partial charge >= 0.3 is 0 Å². The first-order valence-electron chi connectivity index (χ1n) is 3.70. The molecule has 0 saturated heterocycles. The number of rotatable bonds is 1. The van der Waals surface area contributed by atoms with E-state index < -0.39 is 0 Å². The van der Waals surface area contributed by atoms with Gasteiger partial charge in [0.25, 0.3) is 0 Å². The zero-order valence-corrected chi connectivity index (χ0v) is 5.84. The summed E-state index contributed by atoms with van der Waals surface area (Å²) in [6.45, 7) is 0. The Morgan fingerprint density at radius 3 is 3.00 bits per heavy atom. The van der Waals surface area contributed by atoms with Gasteiger partial charge < -0.3 is 4.42 Å². The molecule has 0 aromatic carbocycles. The lowest BCUT2D eigenvalue weighted by atomic mass is 10.2. The van der Waals surface area contributed by atoms with Crippen LogP contribution in [0.4, 0.5) is 0 Å². The van der Waals surface area contributed by atoms with Crippen LogP contribution in [-0.4, -0.2) is 0 Å². The Balaban J connectivity index is 2.28. The van der Waals surface area contributed by atoms with E-state index >= 15 is 0 Å². The van der Waals surface area contributed by atoms with E-state index in [1.165, 1.54) is 24.8 Å². The molecule has 0 radical (unpaired) electrons. The Hall–Kier alpha value is -0.980. The topological polar surface area (TPSA) is 13.1 Å². The molecule has 0 fully saturated rings. The summed E-state index contributed by atoms with van der Waals surface area (Å²) in [4.78, 5) is 0. The molecule has 0 bridgehead atoms. The van der Waals surface area contributed by atoms with Gasteiger partial charge in [-0.2, -0.15) is 0 Å². The number of furan rings is 1. The van der Waals surface area contributed by atoms with Gasteiger partial charge in [-0.3, -0.25) is 0 Å². The smallest absolute Gasteiger partial charge is 0.129 e. The van der Waals surface area contributed by atoms with E-state index in [9.17, 15) is 0 Å². The fraction of sp³-hybridized carbons (Fsp3) is 0.333. The number of hydrogen-bond donors (Lipinski definition) is 0. The lowest BCUT2D eigenvalue weighted by molar-refractivity contribution is 0.551. The van der Waals surface area contributed by atoms with E-state index in [-0.39, 0.29) is 0 Å². The van der Waals surface area contributed by atoms with Crippen molar-refractivity contribution in [1.82, 2.24) is 0 Å². The standard InChI is InChI=1S/C9H10O/c1-2-5-8(4-1)9-6-3-7-10-9/h3-4,6-7H,1-2,5H2. The molecule has 1 aliphatic carbocycles. The number of hydrogen-bond acceptors (Lipinski definition) is 1. The van der Waals surface area contributed by atoms with Crippen molar-refractivity contribution in [3.63, 3.8) is 0 Å². The van der Waals surface area contributed by atoms with Gasteiger partial charge in [-0.25, -0.2) is 0 Å². The molecular weight excluding hydrogens is 124 g/mol. The molecule has 1 nitrogen and oxygen atoms in total. The van der Waals surface area contributed by atoms with Crippen LogP contribution in [0.15, 0.2) is 28.9 Å². The van der Waals surface area contributed by atoms with Crippen LogP contribution in [0, 0.1) is 0 Å². The molecule has 1 heterocycles. The highest BCUT2D eigenvalue weighted by molar-refractivity contribution is 5.62. The van der Waals surface area contributed by atoms with Crippen molar-refractivity contribution in [2.45, 2.75) is 19.3 Å². The van der Waals surface area contributed by atoms with E-state index in [1.54, 1.807) is 6.26 Å². The normalized spacial score (nSPS) is 17.4. The van der Waals surface area contributed by atoms with Crippen LogP contribution in [0.3, 0.4) is 0 Å². The Morgan fingerprint density at radius 2 is 2.40 bits per heavy atom. The van der Waals surface area contributed by atoms with Gasteiger partial charge in [-0.05, 0) is 37.0 Å². The minimum absolute atomic E-state index is 1.05. The van der Waals surface area contributed by atoms with Gasteiger partial charge in [0.2, 0.25) is 0 Å². The third-order valence-corrected chi connectivity index (χ3v) is 1.88. The van der Waals surface area contributed by atoms with Crippen LogP contribution < -0.4 is 0 Å². The van der Waals surface area contributed by atoms with Crippen molar-refractivity contribution in [1.29, 1.82) is 0 Å². The highest BCUT2D eigenvalue weighted by Gasteiger charge is 2.07. The minimum Gasteiger partial charge on any atom is -0.465 e. The van der Waals surface area contributed by atoms with Gasteiger partial charge in [-0.1, -0.05) is 6.08 Å². The molecule has 0 atom stereocenters. The summed E-state index contributed by atoms with van der Waals surface area (Å²) in [5.41, 5.74) is 1.38. The zero-order valence-electron chi connectivity index (χ0n) is 5.84. The predicted octanol–water partition coefficient (Wildman–Crippen LogP) is 2.85. The first-order valence-corrected chi connectivity index (χ1v) is 3.70. The van der Waals surface area contributed by atoms with Crippen molar-refractivity contribution >= 4 is 5.57 Å². The average molecular weight is 134 g/mol. The third kappa shape index (κ3) is 0.878. The molecule has 1 aromatic heterocycles. The van der Waals surface area contributed by atoms with Crippen molar-refractivity contribution in [2.24, 2.45) is 0 Å². The van der Waals surface area contributed by atoms with Crippen LogP contribution >= 0.6 is 0 Å². The molecule has 1 aliphatic rings. The fourth-order valence-corrected chi connectivity index (χ4v) is 1.36. The lowest BCUT2D eigenvalue weighted by Gasteiger charge is -1.92. The van der Waals surface area contributed by atoms with Gasteiger partial charge in [0.1, 0.15) is 5.76 Å². The quantitative estimate of drug-likeness (QED) is 0.575.